The number of aryl methyl sites for hydroxylation is 1. The quantitative estimate of drug-likeness (QED) is 0.632. The summed E-state index contributed by atoms with van der Waals surface area (Å²) < 4.78 is 0. The molecule has 0 aliphatic carbocycles. The average molecular weight is 364 g/mol. The standard InChI is InChI=1S/C18H22ClN3O3/c1-3-17(24)21-7-12-9-22(10-13(12)8-21)18(25)6-20-15-4-11(2)14(19)5-16(15)23/h3-5,12-13,20,23H,1,6-10H2,2H3. The number of phenolic OH excluding ortho intramolecular Hbond substituents is 1. The van der Waals surface area contributed by atoms with E-state index >= 15 is 0 Å². The van der Waals surface area contributed by atoms with Crippen molar-refractivity contribution in [3.05, 3.63) is 35.4 Å². The molecule has 1 aromatic rings. The Morgan fingerprint density at radius 2 is 1.88 bits per heavy atom. The van der Waals surface area contributed by atoms with Gasteiger partial charge in [-0.25, -0.2) is 0 Å². The van der Waals surface area contributed by atoms with Crippen molar-refractivity contribution < 1.29 is 14.7 Å². The van der Waals surface area contributed by atoms with Crippen LogP contribution in [0.5, 0.6) is 5.75 Å². The summed E-state index contributed by atoms with van der Waals surface area (Å²) in [4.78, 5) is 27.8. The van der Waals surface area contributed by atoms with Gasteiger partial charge < -0.3 is 20.2 Å². The largest absolute Gasteiger partial charge is 0.506 e. The molecule has 1 aromatic carbocycles. The molecule has 2 N–H and O–H groups in total. The second-order valence-corrected chi connectivity index (χ2v) is 7.15. The van der Waals surface area contributed by atoms with E-state index in [2.05, 4.69) is 11.9 Å². The third kappa shape index (κ3) is 3.58. The van der Waals surface area contributed by atoms with Gasteiger partial charge >= 0.3 is 0 Å². The van der Waals surface area contributed by atoms with Gasteiger partial charge in [-0.2, -0.15) is 0 Å². The smallest absolute Gasteiger partial charge is 0.245 e. The Kier molecular flexibility index (Phi) is 4.90. The molecule has 2 amide bonds. The lowest BCUT2D eigenvalue weighted by Crippen LogP contribution is -2.37. The maximum Gasteiger partial charge on any atom is 0.245 e. The van der Waals surface area contributed by atoms with Gasteiger partial charge in [0.15, 0.2) is 0 Å². The fraction of sp³-hybridized carbons (Fsp3) is 0.444. The number of nitrogens with one attached hydrogen (secondary N) is 1. The lowest BCUT2D eigenvalue weighted by molar-refractivity contribution is -0.128. The van der Waals surface area contributed by atoms with E-state index in [1.54, 1.807) is 11.0 Å². The number of anilines is 1. The number of benzene rings is 1. The number of halogens is 1. The first-order valence-electron chi connectivity index (χ1n) is 8.31. The number of phenols is 1. The van der Waals surface area contributed by atoms with E-state index in [1.807, 2.05) is 11.8 Å². The van der Waals surface area contributed by atoms with Crippen molar-refractivity contribution in [1.29, 1.82) is 0 Å². The molecular weight excluding hydrogens is 342 g/mol. The summed E-state index contributed by atoms with van der Waals surface area (Å²) in [7, 11) is 0. The second kappa shape index (κ2) is 6.96. The minimum Gasteiger partial charge on any atom is -0.506 e. The van der Waals surface area contributed by atoms with Crippen LogP contribution >= 0.6 is 11.6 Å². The topological polar surface area (TPSA) is 72.9 Å². The zero-order chi connectivity index (χ0) is 18.1. The number of fused-ring (bicyclic) bond motifs is 1. The average Bonchev–Trinajstić information content (AvgIpc) is 3.14. The van der Waals surface area contributed by atoms with Crippen LogP contribution in [-0.2, 0) is 9.59 Å². The molecule has 2 aliphatic heterocycles. The van der Waals surface area contributed by atoms with Crippen LogP contribution < -0.4 is 5.32 Å². The Hall–Kier alpha value is -2.21. The first-order chi connectivity index (χ1) is 11.9. The van der Waals surface area contributed by atoms with Crippen molar-refractivity contribution in [1.82, 2.24) is 9.80 Å². The summed E-state index contributed by atoms with van der Waals surface area (Å²) in [6.07, 6.45) is 1.34. The highest BCUT2D eigenvalue weighted by Gasteiger charge is 2.42. The maximum absolute atomic E-state index is 12.4. The SMILES string of the molecule is C=CC(=O)N1CC2CN(C(=O)CNc3cc(C)c(Cl)cc3O)CC2C1. The fourth-order valence-electron chi connectivity index (χ4n) is 3.60. The van der Waals surface area contributed by atoms with Gasteiger partial charge in [-0.15, -0.1) is 0 Å². The number of nitrogens with zero attached hydrogens (tertiary/aromatic N) is 2. The van der Waals surface area contributed by atoms with Gasteiger partial charge in [-0.1, -0.05) is 18.2 Å². The van der Waals surface area contributed by atoms with E-state index in [1.165, 1.54) is 12.1 Å². The first-order valence-corrected chi connectivity index (χ1v) is 8.69. The maximum atomic E-state index is 12.4. The Morgan fingerprint density at radius 3 is 2.48 bits per heavy atom. The van der Waals surface area contributed by atoms with Crippen molar-refractivity contribution in [2.45, 2.75) is 6.92 Å². The summed E-state index contributed by atoms with van der Waals surface area (Å²) >= 11 is 5.95. The molecule has 7 heteroatoms. The molecule has 2 unspecified atom stereocenters. The Morgan fingerprint density at radius 1 is 1.28 bits per heavy atom. The third-order valence-electron chi connectivity index (χ3n) is 5.03. The summed E-state index contributed by atoms with van der Waals surface area (Å²) in [5.41, 5.74) is 1.33. The number of rotatable bonds is 4. The predicted molar refractivity (Wildman–Crippen MR) is 96.7 cm³/mol. The van der Waals surface area contributed by atoms with Gasteiger partial charge in [-0.3, -0.25) is 9.59 Å². The van der Waals surface area contributed by atoms with E-state index < -0.39 is 0 Å². The predicted octanol–water partition coefficient (Wildman–Crippen LogP) is 1.87. The van der Waals surface area contributed by atoms with Crippen LogP contribution in [0.25, 0.3) is 0 Å². The lowest BCUT2D eigenvalue weighted by Gasteiger charge is -2.21. The third-order valence-corrected chi connectivity index (χ3v) is 5.44. The Balaban J connectivity index is 1.54. The molecule has 2 fully saturated rings. The highest BCUT2D eigenvalue weighted by atomic mass is 35.5. The number of carbonyl (C=O) groups excluding carboxylic acids is 2. The molecule has 2 saturated heterocycles. The van der Waals surface area contributed by atoms with Gasteiger partial charge in [0.2, 0.25) is 11.8 Å². The number of hydrogen-bond acceptors (Lipinski definition) is 4. The van der Waals surface area contributed by atoms with Gasteiger partial charge in [0.25, 0.3) is 0 Å². The normalized spacial score (nSPS) is 22.0. The van der Waals surface area contributed by atoms with E-state index in [4.69, 9.17) is 11.6 Å². The van der Waals surface area contributed by atoms with Crippen molar-refractivity contribution in [3.63, 3.8) is 0 Å². The Labute approximate surface area is 152 Å². The van der Waals surface area contributed by atoms with Gasteiger partial charge in [0.1, 0.15) is 5.75 Å². The van der Waals surface area contributed by atoms with Crippen molar-refractivity contribution >= 4 is 29.1 Å². The van der Waals surface area contributed by atoms with E-state index in [-0.39, 0.29) is 24.1 Å². The monoisotopic (exact) mass is 363 g/mol. The van der Waals surface area contributed by atoms with Crippen LogP contribution in [0.2, 0.25) is 5.02 Å². The van der Waals surface area contributed by atoms with Crippen LogP contribution in [0.1, 0.15) is 5.56 Å². The second-order valence-electron chi connectivity index (χ2n) is 6.74. The lowest BCUT2D eigenvalue weighted by atomic mass is 10.0. The van der Waals surface area contributed by atoms with Gasteiger partial charge in [0, 0.05) is 49.1 Å². The van der Waals surface area contributed by atoms with E-state index in [0.29, 0.717) is 48.7 Å². The molecule has 2 atom stereocenters. The van der Waals surface area contributed by atoms with Crippen LogP contribution in [0.15, 0.2) is 24.8 Å². The fourth-order valence-corrected chi connectivity index (χ4v) is 3.76. The zero-order valence-electron chi connectivity index (χ0n) is 14.2. The molecule has 0 bridgehead atoms. The molecule has 2 heterocycles. The molecule has 6 nitrogen and oxygen atoms in total. The first kappa shape index (κ1) is 17.6. The summed E-state index contributed by atoms with van der Waals surface area (Å²) in [5, 5.41) is 13.4. The summed E-state index contributed by atoms with van der Waals surface area (Å²) in [6, 6.07) is 3.19. The number of hydrogen-bond donors (Lipinski definition) is 2. The molecule has 0 radical (unpaired) electrons. The van der Waals surface area contributed by atoms with Crippen LogP contribution in [0.4, 0.5) is 5.69 Å². The molecule has 2 aliphatic rings. The number of amides is 2. The molecule has 3 rings (SSSR count). The van der Waals surface area contributed by atoms with Crippen LogP contribution in [0.3, 0.4) is 0 Å². The molecule has 25 heavy (non-hydrogen) atoms. The van der Waals surface area contributed by atoms with Crippen LogP contribution in [-0.4, -0.2) is 59.4 Å². The van der Waals surface area contributed by atoms with Crippen molar-refractivity contribution in [2.75, 3.05) is 38.0 Å². The summed E-state index contributed by atoms with van der Waals surface area (Å²) in [5.74, 6) is 0.642. The highest BCUT2D eigenvalue weighted by Crippen LogP contribution is 2.32. The zero-order valence-corrected chi connectivity index (χ0v) is 14.9. The summed E-state index contributed by atoms with van der Waals surface area (Å²) in [6.45, 7) is 8.17. The van der Waals surface area contributed by atoms with E-state index in [9.17, 15) is 14.7 Å². The molecular formula is C18H22ClN3O3. The molecule has 0 saturated carbocycles. The van der Waals surface area contributed by atoms with E-state index in [0.717, 1.165) is 5.56 Å². The van der Waals surface area contributed by atoms with Gasteiger partial charge in [0.05, 0.1) is 12.2 Å². The Bertz CT molecular complexity index is 708. The molecule has 134 valence electrons. The van der Waals surface area contributed by atoms with Gasteiger partial charge in [-0.05, 0) is 24.6 Å². The number of aromatic hydroxyl groups is 1. The van der Waals surface area contributed by atoms with Crippen molar-refractivity contribution in [3.8, 4) is 5.75 Å². The molecule has 0 aromatic heterocycles. The minimum absolute atomic E-state index is 0.0111. The highest BCUT2D eigenvalue weighted by molar-refractivity contribution is 6.31. The number of carbonyl (C=O) groups is 2. The van der Waals surface area contributed by atoms with Crippen LogP contribution in [0, 0.1) is 18.8 Å². The number of likely N-dealkylation sites (tertiary alicyclic amines) is 2. The minimum atomic E-state index is -0.0393. The molecule has 0 spiro atoms. The van der Waals surface area contributed by atoms with Crippen molar-refractivity contribution in [2.24, 2.45) is 11.8 Å².